The maximum absolute atomic E-state index is 9.33. The van der Waals surface area contributed by atoms with Crippen LogP contribution < -0.4 is 14.8 Å². The van der Waals surface area contributed by atoms with E-state index in [1.54, 1.807) is 26.4 Å². The van der Waals surface area contributed by atoms with E-state index in [1.165, 1.54) is 0 Å². The molecule has 0 bridgehead atoms. The molecule has 0 aliphatic heterocycles. The lowest BCUT2D eigenvalue weighted by atomic mass is 10.1. The zero-order chi connectivity index (χ0) is 15.9. The topological polar surface area (TPSA) is 74.5 Å². The summed E-state index contributed by atoms with van der Waals surface area (Å²) >= 11 is 0. The predicted octanol–water partition coefficient (Wildman–Crippen LogP) is 2.68. The Balaban J connectivity index is 2.12. The highest BCUT2D eigenvalue weighted by Gasteiger charge is 2.05. The van der Waals surface area contributed by atoms with E-state index >= 15 is 0 Å². The molecule has 0 aliphatic carbocycles. The molecular weight excluding hydrogens is 280 g/mol. The average Bonchev–Trinajstić information content (AvgIpc) is 2.59. The summed E-state index contributed by atoms with van der Waals surface area (Å²) in [6.07, 6.45) is 0. The molecule has 0 radical (unpaired) electrons. The Labute approximate surface area is 129 Å². The van der Waals surface area contributed by atoms with Gasteiger partial charge in [0.1, 0.15) is 17.6 Å². The van der Waals surface area contributed by atoms with Gasteiger partial charge in [-0.15, -0.1) is 0 Å². The first-order valence-electron chi connectivity index (χ1n) is 6.80. The number of rotatable bonds is 6. The summed E-state index contributed by atoms with van der Waals surface area (Å²) in [6, 6.07) is 13.1. The minimum atomic E-state index is -0.0835. The van der Waals surface area contributed by atoms with Gasteiger partial charge in [-0.1, -0.05) is 6.07 Å². The molecule has 5 nitrogen and oxygen atoms in total. The van der Waals surface area contributed by atoms with Gasteiger partial charge in [-0.25, -0.2) is 0 Å². The van der Waals surface area contributed by atoms with Crippen LogP contribution in [0.2, 0.25) is 0 Å². The molecule has 0 aromatic heterocycles. The minimum Gasteiger partial charge on any atom is -0.496 e. The van der Waals surface area contributed by atoms with Crippen LogP contribution in [0.1, 0.15) is 16.7 Å². The van der Waals surface area contributed by atoms with Gasteiger partial charge in [0.25, 0.3) is 0 Å². The molecule has 2 N–H and O–H groups in total. The fourth-order valence-corrected chi connectivity index (χ4v) is 2.17. The molecular formula is C17H18N2O3. The Morgan fingerprint density at radius 3 is 2.45 bits per heavy atom. The summed E-state index contributed by atoms with van der Waals surface area (Å²) < 4.78 is 10.3. The third kappa shape index (κ3) is 3.48. The third-order valence-electron chi connectivity index (χ3n) is 3.33. The summed E-state index contributed by atoms with van der Waals surface area (Å²) in [7, 11) is 3.12. The molecule has 0 saturated carbocycles. The Kier molecular flexibility index (Phi) is 5.23. The fourth-order valence-electron chi connectivity index (χ4n) is 2.17. The van der Waals surface area contributed by atoms with Crippen LogP contribution in [-0.4, -0.2) is 19.3 Å². The molecule has 5 heteroatoms. The molecule has 0 atom stereocenters. The molecule has 0 amide bonds. The summed E-state index contributed by atoms with van der Waals surface area (Å²) in [5.41, 5.74) is 3.07. The van der Waals surface area contributed by atoms with Gasteiger partial charge in [0.2, 0.25) is 0 Å². The van der Waals surface area contributed by atoms with Gasteiger partial charge >= 0.3 is 0 Å². The lowest BCUT2D eigenvalue weighted by molar-refractivity contribution is 0.274. The molecule has 0 fully saturated rings. The standard InChI is InChI=1S/C17H18N2O3/c1-21-16-5-3-12(7-13(16)9-18)10-19-15-4-6-17(22-2)14(8-15)11-20/h3-8,19-20H,10-11H2,1-2H3. The first-order valence-corrected chi connectivity index (χ1v) is 6.80. The summed E-state index contributed by atoms with van der Waals surface area (Å²) in [4.78, 5) is 0. The molecule has 0 aliphatic rings. The summed E-state index contributed by atoms with van der Waals surface area (Å²) in [6.45, 7) is 0.482. The summed E-state index contributed by atoms with van der Waals surface area (Å²) in [5, 5.41) is 21.7. The third-order valence-corrected chi connectivity index (χ3v) is 3.33. The molecule has 2 aromatic rings. The number of methoxy groups -OCH3 is 2. The molecule has 22 heavy (non-hydrogen) atoms. The second kappa shape index (κ2) is 7.34. The van der Waals surface area contributed by atoms with Crippen LogP contribution >= 0.6 is 0 Å². The van der Waals surface area contributed by atoms with E-state index in [9.17, 15) is 5.11 Å². The normalized spacial score (nSPS) is 9.91. The maximum atomic E-state index is 9.33. The highest BCUT2D eigenvalue weighted by molar-refractivity contribution is 5.52. The quantitative estimate of drug-likeness (QED) is 0.857. The van der Waals surface area contributed by atoms with Gasteiger partial charge in [-0.3, -0.25) is 0 Å². The Morgan fingerprint density at radius 1 is 1.09 bits per heavy atom. The number of aliphatic hydroxyl groups is 1. The Morgan fingerprint density at radius 2 is 1.82 bits per heavy atom. The molecule has 0 saturated heterocycles. The van der Waals surface area contributed by atoms with E-state index in [-0.39, 0.29) is 6.61 Å². The van der Waals surface area contributed by atoms with E-state index in [0.29, 0.717) is 23.6 Å². The predicted molar refractivity (Wildman–Crippen MR) is 84.0 cm³/mol. The number of ether oxygens (including phenoxy) is 2. The average molecular weight is 298 g/mol. The van der Waals surface area contributed by atoms with Crippen molar-refractivity contribution in [3.8, 4) is 17.6 Å². The van der Waals surface area contributed by atoms with Gasteiger partial charge in [0.15, 0.2) is 0 Å². The van der Waals surface area contributed by atoms with Crippen molar-refractivity contribution in [3.63, 3.8) is 0 Å². The molecule has 2 rings (SSSR count). The number of nitrogens with zero attached hydrogens (tertiary/aromatic N) is 1. The van der Waals surface area contributed by atoms with Crippen LogP contribution in [0.3, 0.4) is 0 Å². The number of nitrogens with one attached hydrogen (secondary N) is 1. The summed E-state index contributed by atoms with van der Waals surface area (Å²) in [5.74, 6) is 1.22. The highest BCUT2D eigenvalue weighted by atomic mass is 16.5. The zero-order valence-electron chi connectivity index (χ0n) is 12.6. The van der Waals surface area contributed by atoms with Gasteiger partial charge < -0.3 is 19.9 Å². The van der Waals surface area contributed by atoms with Crippen molar-refractivity contribution in [2.45, 2.75) is 13.2 Å². The van der Waals surface area contributed by atoms with E-state index in [4.69, 9.17) is 14.7 Å². The zero-order valence-corrected chi connectivity index (χ0v) is 12.6. The number of anilines is 1. The van der Waals surface area contributed by atoms with Crippen LogP contribution in [0, 0.1) is 11.3 Å². The van der Waals surface area contributed by atoms with E-state index in [2.05, 4.69) is 11.4 Å². The molecule has 2 aromatic carbocycles. The maximum Gasteiger partial charge on any atom is 0.136 e. The van der Waals surface area contributed by atoms with Crippen molar-refractivity contribution in [2.75, 3.05) is 19.5 Å². The largest absolute Gasteiger partial charge is 0.496 e. The lowest BCUT2D eigenvalue weighted by Gasteiger charge is -2.11. The van der Waals surface area contributed by atoms with Crippen LogP contribution in [0.5, 0.6) is 11.5 Å². The van der Waals surface area contributed by atoms with Crippen molar-refractivity contribution in [1.82, 2.24) is 0 Å². The van der Waals surface area contributed by atoms with Gasteiger partial charge in [-0.2, -0.15) is 5.26 Å². The van der Waals surface area contributed by atoms with Gasteiger partial charge in [0, 0.05) is 17.8 Å². The first kappa shape index (κ1) is 15.7. The van der Waals surface area contributed by atoms with E-state index in [0.717, 1.165) is 16.8 Å². The Bertz CT molecular complexity index is 693. The number of benzene rings is 2. The fraction of sp³-hybridized carbons (Fsp3) is 0.235. The highest BCUT2D eigenvalue weighted by Crippen LogP contribution is 2.24. The van der Waals surface area contributed by atoms with Crippen LogP contribution in [-0.2, 0) is 13.2 Å². The second-order valence-electron chi connectivity index (χ2n) is 4.68. The van der Waals surface area contributed by atoms with Crippen molar-refractivity contribution < 1.29 is 14.6 Å². The van der Waals surface area contributed by atoms with E-state index in [1.807, 2.05) is 24.3 Å². The molecule has 0 heterocycles. The van der Waals surface area contributed by atoms with Gasteiger partial charge in [-0.05, 0) is 35.9 Å². The lowest BCUT2D eigenvalue weighted by Crippen LogP contribution is -2.02. The number of aliphatic hydroxyl groups excluding tert-OH is 1. The Hall–Kier alpha value is -2.71. The number of hydrogen-bond acceptors (Lipinski definition) is 5. The smallest absolute Gasteiger partial charge is 0.136 e. The SMILES string of the molecule is COc1ccc(CNc2ccc(OC)c(CO)c2)cc1C#N. The molecule has 0 unspecified atom stereocenters. The minimum absolute atomic E-state index is 0.0835. The second-order valence-corrected chi connectivity index (χ2v) is 4.68. The van der Waals surface area contributed by atoms with Crippen LogP contribution in [0.15, 0.2) is 36.4 Å². The van der Waals surface area contributed by atoms with Crippen molar-refractivity contribution in [3.05, 3.63) is 53.1 Å². The van der Waals surface area contributed by atoms with Crippen LogP contribution in [0.25, 0.3) is 0 Å². The number of hydrogen-bond donors (Lipinski definition) is 2. The van der Waals surface area contributed by atoms with Crippen molar-refractivity contribution in [2.24, 2.45) is 0 Å². The molecule has 114 valence electrons. The molecule has 0 spiro atoms. The van der Waals surface area contributed by atoms with E-state index < -0.39 is 0 Å². The van der Waals surface area contributed by atoms with Crippen molar-refractivity contribution >= 4 is 5.69 Å². The monoisotopic (exact) mass is 298 g/mol. The van der Waals surface area contributed by atoms with Crippen molar-refractivity contribution in [1.29, 1.82) is 5.26 Å². The van der Waals surface area contributed by atoms with Crippen LogP contribution in [0.4, 0.5) is 5.69 Å². The first-order chi connectivity index (χ1) is 10.7. The number of nitriles is 1. The van der Waals surface area contributed by atoms with Gasteiger partial charge in [0.05, 0.1) is 26.4 Å².